The lowest BCUT2D eigenvalue weighted by Crippen LogP contribution is -2.48. The highest BCUT2D eigenvalue weighted by Crippen LogP contribution is 2.47. The third-order valence-corrected chi connectivity index (χ3v) is 6.54. The predicted molar refractivity (Wildman–Crippen MR) is 104 cm³/mol. The van der Waals surface area contributed by atoms with Crippen molar-refractivity contribution in [1.82, 2.24) is 4.90 Å². The van der Waals surface area contributed by atoms with E-state index in [0.29, 0.717) is 29.4 Å². The summed E-state index contributed by atoms with van der Waals surface area (Å²) in [5.41, 5.74) is 0.490. The summed E-state index contributed by atoms with van der Waals surface area (Å²) >= 11 is 1.58. The fourth-order valence-corrected chi connectivity index (χ4v) is 4.88. The van der Waals surface area contributed by atoms with Gasteiger partial charge in [0.1, 0.15) is 6.04 Å². The van der Waals surface area contributed by atoms with Gasteiger partial charge in [-0.1, -0.05) is 0 Å². The minimum absolute atomic E-state index is 0.0446. The quantitative estimate of drug-likeness (QED) is 0.720. The van der Waals surface area contributed by atoms with Crippen molar-refractivity contribution in [1.29, 1.82) is 0 Å². The second kappa shape index (κ2) is 7.90. The van der Waals surface area contributed by atoms with Gasteiger partial charge >= 0.3 is 5.97 Å². The molecular weight excluding hydrogens is 384 g/mol. The molecule has 152 valence electrons. The molecule has 0 aliphatic carbocycles. The molecule has 0 aromatic heterocycles. The average molecular weight is 408 g/mol. The molecular formula is C19H24N2O6S. The fraction of sp³-hybridized carbons (Fsp3) is 0.526. The highest BCUT2D eigenvalue weighted by molar-refractivity contribution is 8.01. The molecule has 28 heavy (non-hydrogen) atoms. The Bertz CT molecular complexity index is 801. The average Bonchev–Trinajstić information content (AvgIpc) is 3.17. The first-order chi connectivity index (χ1) is 13.3. The van der Waals surface area contributed by atoms with Gasteiger partial charge in [0.25, 0.3) is 5.91 Å². The number of carbonyl (C=O) groups excluding carboxylic acids is 3. The van der Waals surface area contributed by atoms with Crippen molar-refractivity contribution in [2.45, 2.75) is 43.7 Å². The number of benzene rings is 1. The highest BCUT2D eigenvalue weighted by atomic mass is 32.2. The van der Waals surface area contributed by atoms with Gasteiger partial charge in [-0.3, -0.25) is 9.59 Å². The van der Waals surface area contributed by atoms with Crippen LogP contribution < -0.4 is 14.8 Å². The molecule has 0 saturated carbocycles. The van der Waals surface area contributed by atoms with Gasteiger partial charge in [-0.15, -0.1) is 11.8 Å². The monoisotopic (exact) mass is 408 g/mol. The first-order valence-corrected chi connectivity index (χ1v) is 9.97. The van der Waals surface area contributed by atoms with Crippen molar-refractivity contribution >= 4 is 35.2 Å². The van der Waals surface area contributed by atoms with E-state index in [1.165, 1.54) is 21.1 Å². The van der Waals surface area contributed by atoms with Crippen LogP contribution in [0, 0.1) is 0 Å². The van der Waals surface area contributed by atoms with Crippen molar-refractivity contribution in [2.75, 3.05) is 25.3 Å². The Kier molecular flexibility index (Phi) is 5.74. The second-order valence-electron chi connectivity index (χ2n) is 6.90. The van der Waals surface area contributed by atoms with E-state index in [9.17, 15) is 14.4 Å². The SMILES string of the molecule is COc1ccc(NC(=O)[C@@H](C)OC(=O)[C@@H]2CS[C@@]3(C)CCC(=O)N23)cc1OC. The molecule has 2 heterocycles. The standard InChI is InChI=1S/C19H24N2O6S/c1-11(17(23)20-12-5-6-14(25-3)15(9-12)26-4)27-18(24)13-10-28-19(2)8-7-16(22)21(13)19/h5-6,9,11,13H,7-8,10H2,1-4H3,(H,20,23)/t11-,13+,19+/m1/s1. The molecule has 9 heteroatoms. The van der Waals surface area contributed by atoms with Gasteiger partial charge in [0.05, 0.1) is 19.1 Å². The number of rotatable bonds is 6. The summed E-state index contributed by atoms with van der Waals surface area (Å²) < 4.78 is 15.7. The van der Waals surface area contributed by atoms with Crippen LogP contribution in [0.3, 0.4) is 0 Å². The third kappa shape index (κ3) is 3.76. The van der Waals surface area contributed by atoms with E-state index < -0.39 is 24.0 Å². The number of amides is 2. The zero-order valence-electron chi connectivity index (χ0n) is 16.3. The Morgan fingerprint density at radius 1 is 1.29 bits per heavy atom. The van der Waals surface area contributed by atoms with Crippen LogP contribution in [-0.4, -0.2) is 59.7 Å². The van der Waals surface area contributed by atoms with Crippen LogP contribution in [0.25, 0.3) is 0 Å². The van der Waals surface area contributed by atoms with Crippen LogP contribution in [0.2, 0.25) is 0 Å². The summed E-state index contributed by atoms with van der Waals surface area (Å²) in [5.74, 6) is 0.419. The number of anilines is 1. The number of carbonyl (C=O) groups is 3. The molecule has 2 saturated heterocycles. The predicted octanol–water partition coefficient (Wildman–Crippen LogP) is 2.03. The van der Waals surface area contributed by atoms with Gasteiger partial charge in [-0.05, 0) is 32.4 Å². The van der Waals surface area contributed by atoms with Gasteiger partial charge < -0.3 is 24.4 Å². The van der Waals surface area contributed by atoms with Crippen LogP contribution in [0.4, 0.5) is 5.69 Å². The van der Waals surface area contributed by atoms with E-state index in [2.05, 4.69) is 5.32 Å². The first-order valence-electron chi connectivity index (χ1n) is 8.98. The summed E-state index contributed by atoms with van der Waals surface area (Å²) in [6.45, 7) is 3.46. The molecule has 0 radical (unpaired) electrons. The van der Waals surface area contributed by atoms with Gasteiger partial charge in [0.15, 0.2) is 17.6 Å². The highest BCUT2D eigenvalue weighted by Gasteiger charge is 2.53. The number of hydrogen-bond donors (Lipinski definition) is 1. The molecule has 2 fully saturated rings. The Balaban J connectivity index is 1.61. The lowest BCUT2D eigenvalue weighted by molar-refractivity contribution is -0.160. The number of ether oxygens (including phenoxy) is 3. The molecule has 1 N–H and O–H groups in total. The first kappa shape index (κ1) is 20.3. The van der Waals surface area contributed by atoms with Gasteiger partial charge in [-0.2, -0.15) is 0 Å². The van der Waals surface area contributed by atoms with Crippen LogP contribution >= 0.6 is 11.8 Å². The number of nitrogens with zero attached hydrogens (tertiary/aromatic N) is 1. The van der Waals surface area contributed by atoms with E-state index >= 15 is 0 Å². The topological polar surface area (TPSA) is 94.2 Å². The van der Waals surface area contributed by atoms with Crippen LogP contribution in [0.1, 0.15) is 26.7 Å². The smallest absolute Gasteiger partial charge is 0.330 e. The Morgan fingerprint density at radius 3 is 2.68 bits per heavy atom. The molecule has 1 aromatic carbocycles. The van der Waals surface area contributed by atoms with Crippen molar-refractivity contribution < 1.29 is 28.6 Å². The molecule has 0 spiro atoms. The van der Waals surface area contributed by atoms with Crippen molar-refractivity contribution in [3.8, 4) is 11.5 Å². The summed E-state index contributed by atoms with van der Waals surface area (Å²) in [6, 6.07) is 4.30. The lowest BCUT2D eigenvalue weighted by atomic mass is 10.2. The van der Waals surface area contributed by atoms with E-state index in [-0.39, 0.29) is 10.8 Å². The lowest BCUT2D eigenvalue weighted by Gasteiger charge is -2.29. The second-order valence-corrected chi connectivity index (χ2v) is 8.41. The minimum Gasteiger partial charge on any atom is -0.493 e. The summed E-state index contributed by atoms with van der Waals surface area (Å²) in [7, 11) is 3.02. The van der Waals surface area contributed by atoms with E-state index in [1.807, 2.05) is 6.92 Å². The largest absolute Gasteiger partial charge is 0.493 e. The van der Waals surface area contributed by atoms with E-state index in [0.717, 1.165) is 6.42 Å². The molecule has 2 amide bonds. The summed E-state index contributed by atoms with van der Waals surface area (Å²) in [6.07, 6.45) is 0.147. The normalized spacial score (nSPS) is 24.5. The molecule has 2 aliphatic heterocycles. The van der Waals surface area contributed by atoms with Gasteiger partial charge in [0.2, 0.25) is 5.91 Å². The minimum atomic E-state index is -1.00. The van der Waals surface area contributed by atoms with Gasteiger partial charge in [-0.25, -0.2) is 4.79 Å². The number of esters is 1. The number of thioether (sulfide) groups is 1. The summed E-state index contributed by atoms with van der Waals surface area (Å²) in [4.78, 5) is 38.4. The maximum Gasteiger partial charge on any atom is 0.330 e. The maximum absolute atomic E-state index is 12.6. The van der Waals surface area contributed by atoms with E-state index in [1.54, 1.807) is 34.9 Å². The molecule has 2 aliphatic rings. The number of nitrogens with one attached hydrogen (secondary N) is 1. The number of hydrogen-bond acceptors (Lipinski definition) is 7. The Morgan fingerprint density at radius 2 is 2.00 bits per heavy atom. The van der Waals surface area contributed by atoms with E-state index in [4.69, 9.17) is 14.2 Å². The third-order valence-electron chi connectivity index (χ3n) is 5.03. The molecule has 8 nitrogen and oxygen atoms in total. The molecule has 3 rings (SSSR count). The Hall–Kier alpha value is -2.42. The molecule has 3 atom stereocenters. The van der Waals surface area contributed by atoms with Crippen molar-refractivity contribution in [2.24, 2.45) is 0 Å². The zero-order valence-corrected chi connectivity index (χ0v) is 17.1. The van der Waals surface area contributed by atoms with Crippen LogP contribution in [0.15, 0.2) is 18.2 Å². The number of fused-ring (bicyclic) bond motifs is 1. The number of methoxy groups -OCH3 is 2. The Labute approximate surface area is 167 Å². The summed E-state index contributed by atoms with van der Waals surface area (Å²) in [5, 5.41) is 2.69. The van der Waals surface area contributed by atoms with Crippen molar-refractivity contribution in [3.63, 3.8) is 0 Å². The van der Waals surface area contributed by atoms with Crippen molar-refractivity contribution in [3.05, 3.63) is 18.2 Å². The van der Waals surface area contributed by atoms with Crippen LogP contribution in [0.5, 0.6) is 11.5 Å². The molecule has 0 bridgehead atoms. The molecule has 0 unspecified atom stereocenters. The molecule has 1 aromatic rings. The fourth-order valence-electron chi connectivity index (χ4n) is 3.46. The maximum atomic E-state index is 12.6. The zero-order chi connectivity index (χ0) is 20.5. The van der Waals surface area contributed by atoms with Crippen LogP contribution in [-0.2, 0) is 19.1 Å². The van der Waals surface area contributed by atoms with Gasteiger partial charge in [0, 0.05) is 23.9 Å².